The molecule has 8 heteroatoms. The van der Waals surface area contributed by atoms with Gasteiger partial charge in [0.1, 0.15) is 17.0 Å². The number of halogens is 2. The van der Waals surface area contributed by atoms with E-state index in [0.717, 1.165) is 16.5 Å². The minimum atomic E-state index is -0.646. The number of hydrogen-bond acceptors (Lipinski definition) is 5. The van der Waals surface area contributed by atoms with Crippen molar-refractivity contribution >= 4 is 45.9 Å². The van der Waals surface area contributed by atoms with Crippen molar-refractivity contribution in [3.63, 3.8) is 0 Å². The molecule has 0 bridgehead atoms. The van der Waals surface area contributed by atoms with Crippen LogP contribution in [0.15, 0.2) is 28.8 Å². The van der Waals surface area contributed by atoms with Crippen LogP contribution in [0.25, 0.3) is 11.0 Å². The number of fused-ring (bicyclic) bond motifs is 2. The SMILES string of the molecule is Cc1cc(C)c2c(CC(=O)N3CCC4(CC3)CC(=O)c3cc(Cl)cc(Cl)c3O4)noc2c1. The van der Waals surface area contributed by atoms with Crippen molar-refractivity contribution < 1.29 is 18.8 Å². The van der Waals surface area contributed by atoms with Gasteiger partial charge in [-0.05, 0) is 43.2 Å². The van der Waals surface area contributed by atoms with Gasteiger partial charge < -0.3 is 14.2 Å². The first-order chi connectivity index (χ1) is 15.2. The van der Waals surface area contributed by atoms with Gasteiger partial charge in [0.15, 0.2) is 11.4 Å². The molecule has 2 aliphatic heterocycles. The van der Waals surface area contributed by atoms with Crippen LogP contribution in [-0.4, -0.2) is 40.4 Å². The van der Waals surface area contributed by atoms with Crippen molar-refractivity contribution in [1.29, 1.82) is 0 Å². The van der Waals surface area contributed by atoms with Crippen LogP contribution in [0.4, 0.5) is 0 Å². The van der Waals surface area contributed by atoms with Gasteiger partial charge in [-0.1, -0.05) is 34.4 Å². The fourth-order valence-electron chi connectivity index (χ4n) is 4.85. The minimum absolute atomic E-state index is 0.0117. The zero-order chi connectivity index (χ0) is 22.6. The summed E-state index contributed by atoms with van der Waals surface area (Å²) in [7, 11) is 0. The van der Waals surface area contributed by atoms with Gasteiger partial charge in [-0.3, -0.25) is 9.59 Å². The second-order valence-electron chi connectivity index (χ2n) is 8.79. The summed E-state index contributed by atoms with van der Waals surface area (Å²) in [5.41, 5.74) is 3.28. The standard InChI is InChI=1S/C24H22Cl2N2O4/c1-13-7-14(2)22-18(27-32-20(22)8-13)11-21(30)28-5-3-24(4-6-28)12-19(29)16-9-15(25)10-17(26)23(16)31-24/h7-10H,3-6,11-12H2,1-2H3. The van der Waals surface area contributed by atoms with Gasteiger partial charge in [0.2, 0.25) is 5.91 Å². The van der Waals surface area contributed by atoms with E-state index in [0.29, 0.717) is 58.6 Å². The zero-order valence-electron chi connectivity index (χ0n) is 17.8. The molecule has 1 aromatic heterocycles. The number of carbonyl (C=O) groups excluding carboxylic acids is 2. The molecule has 0 atom stereocenters. The van der Waals surface area contributed by atoms with Crippen LogP contribution >= 0.6 is 23.2 Å². The highest BCUT2D eigenvalue weighted by atomic mass is 35.5. The van der Waals surface area contributed by atoms with Crippen molar-refractivity contribution in [2.75, 3.05) is 13.1 Å². The molecule has 0 aliphatic carbocycles. The largest absolute Gasteiger partial charge is 0.484 e. The number of nitrogens with zero attached hydrogens (tertiary/aromatic N) is 2. The summed E-state index contributed by atoms with van der Waals surface area (Å²) < 4.78 is 11.7. The van der Waals surface area contributed by atoms with Crippen molar-refractivity contribution in [3.8, 4) is 5.75 Å². The fourth-order valence-corrected chi connectivity index (χ4v) is 5.38. The zero-order valence-corrected chi connectivity index (χ0v) is 19.3. The lowest BCUT2D eigenvalue weighted by Crippen LogP contribution is -2.52. The summed E-state index contributed by atoms with van der Waals surface area (Å²) in [4.78, 5) is 27.6. The number of benzene rings is 2. The summed E-state index contributed by atoms with van der Waals surface area (Å²) in [5, 5.41) is 5.80. The molecule has 5 rings (SSSR count). The molecule has 166 valence electrons. The molecule has 2 aliphatic rings. The van der Waals surface area contributed by atoms with E-state index in [9.17, 15) is 9.59 Å². The Hall–Kier alpha value is -2.57. The Kier molecular flexibility index (Phi) is 5.18. The number of carbonyl (C=O) groups is 2. The Labute approximate surface area is 195 Å². The number of ketones is 1. The maximum Gasteiger partial charge on any atom is 0.228 e. The summed E-state index contributed by atoms with van der Waals surface area (Å²) in [6.07, 6.45) is 1.54. The first kappa shape index (κ1) is 21.3. The lowest BCUT2D eigenvalue weighted by Gasteiger charge is -2.44. The number of rotatable bonds is 2. The third kappa shape index (κ3) is 3.65. The Balaban J connectivity index is 1.30. The second-order valence-corrected chi connectivity index (χ2v) is 9.63. The average molecular weight is 473 g/mol. The van der Waals surface area contributed by atoms with Gasteiger partial charge in [-0.15, -0.1) is 0 Å². The molecule has 1 amide bonds. The molecular formula is C24H22Cl2N2O4. The highest BCUT2D eigenvalue weighted by Crippen LogP contribution is 2.44. The number of ether oxygens (including phenoxy) is 1. The predicted molar refractivity (Wildman–Crippen MR) is 122 cm³/mol. The van der Waals surface area contributed by atoms with Crippen LogP contribution in [-0.2, 0) is 11.2 Å². The Morgan fingerprint density at radius 1 is 1.16 bits per heavy atom. The summed E-state index contributed by atoms with van der Waals surface area (Å²) in [5.74, 6) is 0.351. The summed E-state index contributed by atoms with van der Waals surface area (Å²) >= 11 is 12.3. The van der Waals surface area contributed by atoms with Crippen LogP contribution in [0.3, 0.4) is 0 Å². The van der Waals surface area contributed by atoms with Gasteiger partial charge in [0.25, 0.3) is 0 Å². The number of Topliss-reactive ketones (excluding diaryl/α,β-unsaturated/α-hetero) is 1. The molecule has 0 unspecified atom stereocenters. The second kappa shape index (κ2) is 7.78. The van der Waals surface area contributed by atoms with Gasteiger partial charge in [-0.2, -0.15) is 0 Å². The van der Waals surface area contributed by atoms with Gasteiger partial charge >= 0.3 is 0 Å². The number of aromatic nitrogens is 1. The third-order valence-corrected chi connectivity index (χ3v) is 6.94. The summed E-state index contributed by atoms with van der Waals surface area (Å²) in [6, 6.07) is 7.17. The van der Waals surface area contributed by atoms with E-state index in [4.69, 9.17) is 32.5 Å². The number of hydrogen-bond donors (Lipinski definition) is 0. The van der Waals surface area contributed by atoms with Crippen molar-refractivity contribution in [2.45, 2.75) is 45.1 Å². The number of aryl methyl sites for hydroxylation is 2. The smallest absolute Gasteiger partial charge is 0.228 e. The fraction of sp³-hybridized carbons (Fsp3) is 0.375. The van der Waals surface area contributed by atoms with Crippen LogP contribution in [0.2, 0.25) is 10.0 Å². The lowest BCUT2D eigenvalue weighted by atomic mass is 9.82. The molecule has 3 aromatic rings. The Bertz CT molecular complexity index is 1260. The quantitative estimate of drug-likeness (QED) is 0.504. The monoisotopic (exact) mass is 472 g/mol. The molecule has 2 aromatic carbocycles. The number of likely N-dealkylation sites (tertiary alicyclic amines) is 1. The maximum absolute atomic E-state index is 13.0. The van der Waals surface area contributed by atoms with Crippen LogP contribution < -0.4 is 4.74 Å². The Morgan fingerprint density at radius 2 is 1.91 bits per heavy atom. The van der Waals surface area contributed by atoms with E-state index in [1.807, 2.05) is 24.8 Å². The molecule has 32 heavy (non-hydrogen) atoms. The third-order valence-electron chi connectivity index (χ3n) is 6.44. The predicted octanol–water partition coefficient (Wildman–Crippen LogP) is 5.32. The van der Waals surface area contributed by atoms with Crippen LogP contribution in [0.1, 0.15) is 46.4 Å². The first-order valence-electron chi connectivity index (χ1n) is 10.6. The highest BCUT2D eigenvalue weighted by molar-refractivity contribution is 6.36. The molecule has 1 spiro atoms. The van der Waals surface area contributed by atoms with Gasteiger partial charge in [-0.25, -0.2) is 0 Å². The Morgan fingerprint density at radius 3 is 2.66 bits per heavy atom. The maximum atomic E-state index is 13.0. The molecule has 1 saturated heterocycles. The van der Waals surface area contributed by atoms with Crippen molar-refractivity contribution in [2.24, 2.45) is 0 Å². The highest BCUT2D eigenvalue weighted by Gasteiger charge is 2.44. The van der Waals surface area contributed by atoms with Crippen molar-refractivity contribution in [1.82, 2.24) is 10.1 Å². The molecule has 0 saturated carbocycles. The molecule has 6 nitrogen and oxygen atoms in total. The normalized spacial score (nSPS) is 17.5. The van der Waals surface area contributed by atoms with Crippen LogP contribution in [0, 0.1) is 13.8 Å². The van der Waals surface area contributed by atoms with E-state index < -0.39 is 5.60 Å². The number of piperidine rings is 1. The molecule has 1 fully saturated rings. The summed E-state index contributed by atoms with van der Waals surface area (Å²) in [6.45, 7) is 5.00. The molecular weight excluding hydrogens is 451 g/mol. The van der Waals surface area contributed by atoms with E-state index in [2.05, 4.69) is 11.2 Å². The number of amides is 1. The van der Waals surface area contributed by atoms with E-state index in [1.165, 1.54) is 0 Å². The lowest BCUT2D eigenvalue weighted by molar-refractivity contribution is -0.134. The van der Waals surface area contributed by atoms with Crippen molar-refractivity contribution in [3.05, 3.63) is 56.7 Å². The van der Waals surface area contributed by atoms with E-state index in [1.54, 1.807) is 12.1 Å². The average Bonchev–Trinajstić information content (AvgIpc) is 3.12. The molecule has 0 radical (unpaired) electrons. The topological polar surface area (TPSA) is 72.6 Å². The van der Waals surface area contributed by atoms with E-state index in [-0.39, 0.29) is 24.5 Å². The van der Waals surface area contributed by atoms with Gasteiger partial charge in [0, 0.05) is 36.3 Å². The minimum Gasteiger partial charge on any atom is -0.484 e. The molecule has 0 N–H and O–H groups in total. The van der Waals surface area contributed by atoms with E-state index >= 15 is 0 Å². The molecule has 3 heterocycles. The van der Waals surface area contributed by atoms with Gasteiger partial charge in [0.05, 0.1) is 23.4 Å². The van der Waals surface area contributed by atoms with Crippen LogP contribution in [0.5, 0.6) is 5.75 Å². The first-order valence-corrected chi connectivity index (χ1v) is 11.3.